The maximum Gasteiger partial charge on any atom is 0.308 e. The third-order valence-corrected chi connectivity index (χ3v) is 3.84. The smallest absolute Gasteiger partial charge is 0.308 e. The third-order valence-electron chi connectivity index (χ3n) is 3.84. The molecular formula is C16H20N2O4. The van der Waals surface area contributed by atoms with Gasteiger partial charge in [0.05, 0.1) is 5.92 Å². The SMILES string of the molecule is CC(NC(=O)c1cccc(NC(=O)C2CC2)c1)C(C)C(=O)O. The average molecular weight is 304 g/mol. The fourth-order valence-electron chi connectivity index (χ4n) is 1.96. The molecule has 1 aliphatic carbocycles. The van der Waals surface area contributed by atoms with E-state index in [0.29, 0.717) is 11.3 Å². The van der Waals surface area contributed by atoms with Crippen molar-refractivity contribution >= 4 is 23.5 Å². The number of carboxylic acids is 1. The summed E-state index contributed by atoms with van der Waals surface area (Å²) in [5.41, 5.74) is 0.960. The van der Waals surface area contributed by atoms with E-state index in [1.807, 2.05) is 0 Å². The number of nitrogens with one attached hydrogen (secondary N) is 2. The van der Waals surface area contributed by atoms with E-state index in [1.165, 1.54) is 0 Å². The van der Waals surface area contributed by atoms with Crippen LogP contribution in [0.4, 0.5) is 5.69 Å². The first-order valence-corrected chi connectivity index (χ1v) is 7.33. The van der Waals surface area contributed by atoms with E-state index in [-0.39, 0.29) is 17.7 Å². The van der Waals surface area contributed by atoms with Gasteiger partial charge in [-0.05, 0) is 44.9 Å². The standard InChI is InChI=1S/C16H20N2O4/c1-9(16(21)22)10(2)17-15(20)12-4-3-5-13(8-12)18-14(19)11-6-7-11/h3-5,8-11H,6-7H2,1-2H3,(H,17,20)(H,18,19)(H,21,22). The molecule has 0 heterocycles. The Labute approximate surface area is 128 Å². The minimum Gasteiger partial charge on any atom is -0.481 e. The van der Waals surface area contributed by atoms with E-state index in [2.05, 4.69) is 10.6 Å². The van der Waals surface area contributed by atoms with Crippen LogP contribution in [-0.2, 0) is 9.59 Å². The molecular weight excluding hydrogens is 284 g/mol. The van der Waals surface area contributed by atoms with Gasteiger partial charge < -0.3 is 15.7 Å². The van der Waals surface area contributed by atoms with Gasteiger partial charge in [0.1, 0.15) is 0 Å². The van der Waals surface area contributed by atoms with Crippen molar-refractivity contribution in [2.45, 2.75) is 32.7 Å². The number of carboxylic acid groups (broad SMARTS) is 1. The van der Waals surface area contributed by atoms with E-state index in [1.54, 1.807) is 38.1 Å². The van der Waals surface area contributed by atoms with Crippen LogP contribution in [0.15, 0.2) is 24.3 Å². The van der Waals surface area contributed by atoms with Gasteiger partial charge in [0.25, 0.3) is 5.91 Å². The Kier molecular flexibility index (Phi) is 4.80. The number of anilines is 1. The summed E-state index contributed by atoms with van der Waals surface area (Å²) >= 11 is 0. The Morgan fingerprint density at radius 2 is 1.91 bits per heavy atom. The molecule has 3 N–H and O–H groups in total. The van der Waals surface area contributed by atoms with Crippen molar-refractivity contribution in [3.63, 3.8) is 0 Å². The van der Waals surface area contributed by atoms with Gasteiger partial charge in [-0.15, -0.1) is 0 Å². The van der Waals surface area contributed by atoms with E-state index >= 15 is 0 Å². The van der Waals surface area contributed by atoms with Gasteiger partial charge in [-0.1, -0.05) is 6.07 Å². The number of amides is 2. The predicted molar refractivity (Wildman–Crippen MR) is 81.5 cm³/mol. The van der Waals surface area contributed by atoms with E-state index in [0.717, 1.165) is 12.8 Å². The van der Waals surface area contributed by atoms with Crippen LogP contribution in [0.1, 0.15) is 37.0 Å². The Hall–Kier alpha value is -2.37. The van der Waals surface area contributed by atoms with Crippen molar-refractivity contribution in [2.24, 2.45) is 11.8 Å². The molecule has 6 nitrogen and oxygen atoms in total. The van der Waals surface area contributed by atoms with Crippen molar-refractivity contribution in [3.05, 3.63) is 29.8 Å². The lowest BCUT2D eigenvalue weighted by atomic mass is 10.0. The number of benzene rings is 1. The zero-order valence-corrected chi connectivity index (χ0v) is 12.6. The number of carbonyl (C=O) groups excluding carboxylic acids is 2. The van der Waals surface area contributed by atoms with E-state index in [9.17, 15) is 14.4 Å². The fraction of sp³-hybridized carbons (Fsp3) is 0.438. The second-order valence-corrected chi connectivity index (χ2v) is 5.73. The molecule has 1 fully saturated rings. The number of hydrogen-bond donors (Lipinski definition) is 3. The maximum atomic E-state index is 12.1. The van der Waals surface area contributed by atoms with Crippen molar-refractivity contribution in [1.29, 1.82) is 0 Å². The molecule has 6 heteroatoms. The fourth-order valence-corrected chi connectivity index (χ4v) is 1.96. The highest BCUT2D eigenvalue weighted by Crippen LogP contribution is 2.30. The highest BCUT2D eigenvalue weighted by molar-refractivity contribution is 5.98. The highest BCUT2D eigenvalue weighted by atomic mass is 16.4. The first-order valence-electron chi connectivity index (χ1n) is 7.33. The topological polar surface area (TPSA) is 95.5 Å². The highest BCUT2D eigenvalue weighted by Gasteiger charge is 2.29. The maximum absolute atomic E-state index is 12.1. The number of aliphatic carboxylic acids is 1. The van der Waals surface area contributed by atoms with Crippen LogP contribution >= 0.6 is 0 Å². The molecule has 1 aliphatic rings. The summed E-state index contributed by atoms with van der Waals surface area (Å²) in [4.78, 5) is 34.8. The summed E-state index contributed by atoms with van der Waals surface area (Å²) in [5, 5.41) is 14.4. The molecule has 2 amide bonds. The van der Waals surface area contributed by atoms with Crippen LogP contribution in [0.5, 0.6) is 0 Å². The molecule has 0 aromatic heterocycles. The van der Waals surface area contributed by atoms with Crippen LogP contribution in [0.3, 0.4) is 0 Å². The Morgan fingerprint density at radius 1 is 1.23 bits per heavy atom. The Balaban J connectivity index is 2.00. The molecule has 22 heavy (non-hydrogen) atoms. The summed E-state index contributed by atoms with van der Waals surface area (Å²) in [6.07, 6.45) is 1.83. The average Bonchev–Trinajstić information content (AvgIpc) is 3.31. The van der Waals surface area contributed by atoms with Gasteiger partial charge in [0.15, 0.2) is 0 Å². The van der Waals surface area contributed by atoms with Gasteiger partial charge in [0, 0.05) is 23.2 Å². The molecule has 1 saturated carbocycles. The van der Waals surface area contributed by atoms with Crippen LogP contribution in [0.25, 0.3) is 0 Å². The predicted octanol–water partition coefficient (Wildman–Crippen LogP) is 1.87. The molecule has 0 aliphatic heterocycles. The largest absolute Gasteiger partial charge is 0.481 e. The van der Waals surface area contributed by atoms with E-state index < -0.39 is 17.9 Å². The van der Waals surface area contributed by atoms with Gasteiger partial charge in [-0.3, -0.25) is 14.4 Å². The van der Waals surface area contributed by atoms with Crippen molar-refractivity contribution in [1.82, 2.24) is 5.32 Å². The second kappa shape index (κ2) is 6.60. The minimum absolute atomic E-state index is 0.0228. The lowest BCUT2D eigenvalue weighted by molar-refractivity contribution is -0.141. The van der Waals surface area contributed by atoms with Crippen molar-refractivity contribution in [2.75, 3.05) is 5.32 Å². The molecule has 0 radical (unpaired) electrons. The van der Waals surface area contributed by atoms with Crippen molar-refractivity contribution in [3.8, 4) is 0 Å². The summed E-state index contributed by atoms with van der Waals surface area (Å²) in [6.45, 7) is 3.19. The monoisotopic (exact) mass is 304 g/mol. The van der Waals surface area contributed by atoms with Crippen LogP contribution in [0.2, 0.25) is 0 Å². The quantitative estimate of drug-likeness (QED) is 0.747. The molecule has 0 spiro atoms. The summed E-state index contributed by atoms with van der Waals surface area (Å²) in [7, 11) is 0. The van der Waals surface area contributed by atoms with E-state index in [4.69, 9.17) is 5.11 Å². The molecule has 1 aromatic carbocycles. The van der Waals surface area contributed by atoms with Gasteiger partial charge in [-0.2, -0.15) is 0 Å². The first-order chi connectivity index (χ1) is 10.4. The van der Waals surface area contributed by atoms with Gasteiger partial charge in [-0.25, -0.2) is 0 Å². The normalized spacial score (nSPS) is 16.5. The van der Waals surface area contributed by atoms with Crippen molar-refractivity contribution < 1.29 is 19.5 Å². The number of carbonyl (C=O) groups is 3. The second-order valence-electron chi connectivity index (χ2n) is 5.73. The summed E-state index contributed by atoms with van der Waals surface area (Å²) in [5.74, 6) is -1.93. The zero-order chi connectivity index (χ0) is 16.3. The minimum atomic E-state index is -0.960. The molecule has 2 rings (SSSR count). The van der Waals surface area contributed by atoms with Crippen LogP contribution in [0, 0.1) is 11.8 Å². The number of hydrogen-bond acceptors (Lipinski definition) is 3. The molecule has 0 bridgehead atoms. The molecule has 2 atom stereocenters. The van der Waals surface area contributed by atoms with Crippen LogP contribution in [-0.4, -0.2) is 28.9 Å². The lowest BCUT2D eigenvalue weighted by Crippen LogP contribution is -2.40. The molecule has 1 aromatic rings. The molecule has 118 valence electrons. The molecule has 2 unspecified atom stereocenters. The van der Waals surface area contributed by atoms with Crippen LogP contribution < -0.4 is 10.6 Å². The summed E-state index contributed by atoms with van der Waals surface area (Å²) < 4.78 is 0. The zero-order valence-electron chi connectivity index (χ0n) is 12.6. The summed E-state index contributed by atoms with van der Waals surface area (Å²) in [6, 6.07) is 6.13. The lowest BCUT2D eigenvalue weighted by Gasteiger charge is -2.18. The van der Waals surface area contributed by atoms with Gasteiger partial charge in [0.2, 0.25) is 5.91 Å². The number of rotatable bonds is 6. The molecule has 0 saturated heterocycles. The first kappa shape index (κ1) is 16.0. The third kappa shape index (κ3) is 4.07. The Morgan fingerprint density at radius 3 is 2.50 bits per heavy atom. The van der Waals surface area contributed by atoms with Gasteiger partial charge >= 0.3 is 5.97 Å². The Bertz CT molecular complexity index is 596.